The number of rotatable bonds is 10. The molecule has 0 radical (unpaired) electrons. The maximum absolute atomic E-state index is 13.4. The highest BCUT2D eigenvalue weighted by Crippen LogP contribution is 2.34. The van der Waals surface area contributed by atoms with Gasteiger partial charge in [-0.2, -0.15) is 0 Å². The van der Waals surface area contributed by atoms with Crippen LogP contribution in [0.4, 0.5) is 11.4 Å². The monoisotopic (exact) mass is 465 g/mol. The number of methoxy groups -OCH3 is 1. The first-order valence-corrected chi connectivity index (χ1v) is 11.2. The van der Waals surface area contributed by atoms with Gasteiger partial charge in [-0.3, -0.25) is 19.3 Å². The SMILES string of the molecule is COc1ccc(C)cc1NC1=C(c2ccc(NC(C)=O)cc2)C(=O)N(CCCOC(C)C)C1=O. The van der Waals surface area contributed by atoms with Gasteiger partial charge in [-0.1, -0.05) is 18.2 Å². The molecule has 0 bridgehead atoms. The van der Waals surface area contributed by atoms with Gasteiger partial charge in [0.25, 0.3) is 11.8 Å². The molecule has 1 aliphatic rings. The molecule has 0 aromatic heterocycles. The number of carbonyl (C=O) groups excluding carboxylic acids is 3. The van der Waals surface area contributed by atoms with Crippen molar-refractivity contribution in [3.63, 3.8) is 0 Å². The van der Waals surface area contributed by atoms with Crippen molar-refractivity contribution in [2.24, 2.45) is 0 Å². The van der Waals surface area contributed by atoms with E-state index in [2.05, 4.69) is 10.6 Å². The molecule has 0 spiro atoms. The number of hydrogen-bond donors (Lipinski definition) is 2. The van der Waals surface area contributed by atoms with Gasteiger partial charge in [-0.05, 0) is 62.6 Å². The molecule has 8 nitrogen and oxygen atoms in total. The first-order chi connectivity index (χ1) is 16.2. The van der Waals surface area contributed by atoms with Gasteiger partial charge in [-0.25, -0.2) is 0 Å². The summed E-state index contributed by atoms with van der Waals surface area (Å²) < 4.78 is 11.0. The fourth-order valence-corrected chi connectivity index (χ4v) is 3.68. The van der Waals surface area contributed by atoms with Crippen molar-refractivity contribution in [1.82, 2.24) is 4.90 Å². The van der Waals surface area contributed by atoms with Crippen LogP contribution in [0.3, 0.4) is 0 Å². The Bertz CT molecular complexity index is 1110. The summed E-state index contributed by atoms with van der Waals surface area (Å²) >= 11 is 0. The van der Waals surface area contributed by atoms with Gasteiger partial charge >= 0.3 is 0 Å². The third-order valence-electron chi connectivity index (χ3n) is 5.25. The Morgan fingerprint density at radius 2 is 1.76 bits per heavy atom. The summed E-state index contributed by atoms with van der Waals surface area (Å²) in [5.74, 6) is -0.416. The van der Waals surface area contributed by atoms with E-state index in [1.807, 2.05) is 39.0 Å². The fourth-order valence-electron chi connectivity index (χ4n) is 3.68. The van der Waals surface area contributed by atoms with E-state index in [0.29, 0.717) is 35.7 Å². The molecule has 3 rings (SSSR count). The molecular formula is C26H31N3O5. The summed E-state index contributed by atoms with van der Waals surface area (Å²) in [5.41, 5.74) is 3.20. The zero-order valence-corrected chi connectivity index (χ0v) is 20.2. The molecule has 0 saturated heterocycles. The maximum Gasteiger partial charge on any atom is 0.278 e. The van der Waals surface area contributed by atoms with Gasteiger partial charge < -0.3 is 20.1 Å². The lowest BCUT2D eigenvalue weighted by Gasteiger charge is -2.16. The lowest BCUT2D eigenvalue weighted by Crippen LogP contribution is -2.34. The molecule has 0 atom stereocenters. The van der Waals surface area contributed by atoms with Crippen LogP contribution in [0.2, 0.25) is 0 Å². The third kappa shape index (κ3) is 5.82. The minimum absolute atomic E-state index is 0.0757. The van der Waals surface area contributed by atoms with Crippen LogP contribution in [0.5, 0.6) is 5.75 Å². The topological polar surface area (TPSA) is 97.0 Å². The van der Waals surface area contributed by atoms with Gasteiger partial charge in [0.2, 0.25) is 5.91 Å². The van der Waals surface area contributed by atoms with E-state index < -0.39 is 5.91 Å². The lowest BCUT2D eigenvalue weighted by molar-refractivity contribution is -0.137. The van der Waals surface area contributed by atoms with Crippen LogP contribution in [0, 0.1) is 6.92 Å². The average molecular weight is 466 g/mol. The molecule has 0 unspecified atom stereocenters. The number of hydrogen-bond acceptors (Lipinski definition) is 6. The number of benzene rings is 2. The molecule has 0 aliphatic carbocycles. The van der Waals surface area contributed by atoms with E-state index in [-0.39, 0.29) is 35.7 Å². The highest BCUT2D eigenvalue weighted by molar-refractivity contribution is 6.36. The summed E-state index contributed by atoms with van der Waals surface area (Å²) in [4.78, 5) is 39.4. The second kappa shape index (κ2) is 11.0. The molecule has 34 heavy (non-hydrogen) atoms. The van der Waals surface area contributed by atoms with Gasteiger partial charge in [0, 0.05) is 25.8 Å². The van der Waals surface area contributed by atoms with Crippen LogP contribution >= 0.6 is 0 Å². The van der Waals surface area contributed by atoms with Crippen molar-refractivity contribution in [1.29, 1.82) is 0 Å². The van der Waals surface area contributed by atoms with Gasteiger partial charge in [0.05, 0.1) is 24.5 Å². The summed E-state index contributed by atoms with van der Waals surface area (Å²) in [7, 11) is 1.55. The van der Waals surface area contributed by atoms with Gasteiger partial charge in [0.1, 0.15) is 11.4 Å². The quantitative estimate of drug-likeness (QED) is 0.407. The predicted octanol–water partition coefficient (Wildman–Crippen LogP) is 3.97. The number of carbonyl (C=O) groups is 3. The number of anilines is 2. The van der Waals surface area contributed by atoms with Gasteiger partial charge in [0.15, 0.2) is 0 Å². The summed E-state index contributed by atoms with van der Waals surface area (Å²) in [6.07, 6.45) is 0.609. The molecule has 0 saturated carbocycles. The minimum Gasteiger partial charge on any atom is -0.495 e. The molecule has 1 heterocycles. The van der Waals surface area contributed by atoms with E-state index in [1.54, 1.807) is 31.4 Å². The van der Waals surface area contributed by atoms with Gasteiger partial charge in [-0.15, -0.1) is 0 Å². The Balaban J connectivity index is 1.96. The van der Waals surface area contributed by atoms with Crippen molar-refractivity contribution in [2.45, 2.75) is 40.2 Å². The molecule has 2 aromatic carbocycles. The van der Waals surface area contributed by atoms with Crippen molar-refractivity contribution < 1.29 is 23.9 Å². The van der Waals surface area contributed by atoms with Crippen molar-refractivity contribution >= 4 is 34.7 Å². The number of ether oxygens (including phenoxy) is 2. The number of imide groups is 1. The minimum atomic E-state index is -0.404. The van der Waals surface area contributed by atoms with E-state index in [1.165, 1.54) is 11.8 Å². The van der Waals surface area contributed by atoms with E-state index >= 15 is 0 Å². The number of amides is 3. The van der Waals surface area contributed by atoms with Crippen molar-refractivity contribution in [3.8, 4) is 5.75 Å². The molecule has 8 heteroatoms. The smallest absolute Gasteiger partial charge is 0.278 e. The first kappa shape index (κ1) is 25.0. The third-order valence-corrected chi connectivity index (χ3v) is 5.25. The average Bonchev–Trinajstić information content (AvgIpc) is 3.01. The lowest BCUT2D eigenvalue weighted by atomic mass is 10.0. The number of aryl methyl sites for hydroxylation is 1. The second-order valence-corrected chi connectivity index (χ2v) is 8.37. The van der Waals surface area contributed by atoms with Crippen LogP contribution in [-0.2, 0) is 19.1 Å². The Hall–Kier alpha value is -3.65. The maximum atomic E-state index is 13.4. The fraction of sp³-hybridized carbons (Fsp3) is 0.346. The van der Waals surface area contributed by atoms with E-state index in [4.69, 9.17) is 9.47 Å². The van der Waals surface area contributed by atoms with Crippen LogP contribution in [-0.4, -0.2) is 49.0 Å². The predicted molar refractivity (Wildman–Crippen MR) is 131 cm³/mol. The zero-order chi connectivity index (χ0) is 24.8. The molecule has 2 N–H and O–H groups in total. The van der Waals surface area contributed by atoms with Crippen LogP contribution in [0.25, 0.3) is 5.57 Å². The van der Waals surface area contributed by atoms with E-state index in [9.17, 15) is 14.4 Å². The number of nitrogens with zero attached hydrogens (tertiary/aromatic N) is 1. The Morgan fingerprint density at radius 3 is 2.38 bits per heavy atom. The van der Waals surface area contributed by atoms with E-state index in [0.717, 1.165) is 5.56 Å². The standard InChI is InChI=1S/C26H31N3O5/c1-16(2)34-14-6-13-29-25(31)23(19-8-10-20(11-9-19)27-18(4)30)24(26(29)32)28-21-15-17(3)7-12-22(21)33-5/h7-12,15-16,28H,6,13-14H2,1-5H3,(H,27,30). The largest absolute Gasteiger partial charge is 0.495 e. The first-order valence-electron chi connectivity index (χ1n) is 11.2. The molecule has 0 fully saturated rings. The Labute approximate surface area is 199 Å². The summed E-state index contributed by atoms with van der Waals surface area (Å²) in [6.45, 7) is 7.93. The van der Waals surface area contributed by atoms with Crippen LogP contribution in [0.1, 0.15) is 38.3 Å². The molecule has 3 amide bonds. The van der Waals surface area contributed by atoms with Crippen LogP contribution in [0.15, 0.2) is 48.2 Å². The number of nitrogens with one attached hydrogen (secondary N) is 2. The molecule has 180 valence electrons. The summed E-state index contributed by atoms with van der Waals surface area (Å²) in [5, 5.41) is 5.86. The zero-order valence-electron chi connectivity index (χ0n) is 20.2. The highest BCUT2D eigenvalue weighted by atomic mass is 16.5. The molecule has 1 aliphatic heterocycles. The summed E-state index contributed by atoms with van der Waals surface area (Å²) in [6, 6.07) is 12.4. The van der Waals surface area contributed by atoms with Crippen LogP contribution < -0.4 is 15.4 Å². The van der Waals surface area contributed by atoms with Crippen molar-refractivity contribution in [2.75, 3.05) is 30.9 Å². The Kier molecular flexibility index (Phi) is 8.07. The normalized spacial score (nSPS) is 13.6. The second-order valence-electron chi connectivity index (χ2n) is 8.37. The highest BCUT2D eigenvalue weighted by Gasteiger charge is 2.39. The molecule has 2 aromatic rings. The molecular weight excluding hydrogens is 434 g/mol. The van der Waals surface area contributed by atoms with Crippen molar-refractivity contribution in [3.05, 3.63) is 59.3 Å². The Morgan fingerprint density at radius 1 is 1.06 bits per heavy atom.